The van der Waals surface area contributed by atoms with Crippen molar-refractivity contribution in [2.45, 2.75) is 51.9 Å². The summed E-state index contributed by atoms with van der Waals surface area (Å²) in [5.41, 5.74) is 0.639. The average molecular weight is 317 g/mol. The summed E-state index contributed by atoms with van der Waals surface area (Å²) < 4.78 is 10.7. The standard InChI is InChI=1S/C17H23N3O3/c1-3-4-7-15-18-16(23-19-15)13-6-5-9-20(11-13)17(21)14-8-10-22-12(14)2/h8,10,13H,3-7,9,11H2,1-2H3/t13-/m0/s1. The van der Waals surface area contributed by atoms with E-state index in [-0.39, 0.29) is 11.8 Å². The van der Waals surface area contributed by atoms with E-state index in [0.717, 1.165) is 44.5 Å². The molecule has 1 saturated heterocycles. The predicted molar refractivity (Wildman–Crippen MR) is 84.2 cm³/mol. The number of unbranched alkanes of at least 4 members (excludes halogenated alkanes) is 1. The van der Waals surface area contributed by atoms with E-state index in [9.17, 15) is 4.79 Å². The van der Waals surface area contributed by atoms with E-state index >= 15 is 0 Å². The van der Waals surface area contributed by atoms with Crippen LogP contribution in [0.15, 0.2) is 21.3 Å². The topological polar surface area (TPSA) is 72.4 Å². The van der Waals surface area contributed by atoms with E-state index in [1.165, 1.54) is 0 Å². The molecule has 1 amide bonds. The summed E-state index contributed by atoms with van der Waals surface area (Å²) in [5.74, 6) is 2.25. The predicted octanol–water partition coefficient (Wildman–Crippen LogP) is 3.33. The van der Waals surface area contributed by atoms with Crippen molar-refractivity contribution in [3.05, 3.63) is 35.4 Å². The molecule has 0 bridgehead atoms. The van der Waals surface area contributed by atoms with Crippen LogP contribution in [0.4, 0.5) is 0 Å². The second-order valence-electron chi connectivity index (χ2n) is 6.13. The van der Waals surface area contributed by atoms with Gasteiger partial charge >= 0.3 is 0 Å². The summed E-state index contributed by atoms with van der Waals surface area (Å²) in [4.78, 5) is 19.0. The number of carbonyl (C=O) groups excluding carboxylic acids is 1. The molecule has 1 atom stereocenters. The lowest BCUT2D eigenvalue weighted by Gasteiger charge is -2.30. The van der Waals surface area contributed by atoms with Gasteiger partial charge < -0.3 is 13.8 Å². The maximum absolute atomic E-state index is 12.6. The molecule has 6 nitrogen and oxygen atoms in total. The normalized spacial score (nSPS) is 18.3. The Morgan fingerprint density at radius 3 is 3.09 bits per heavy atom. The molecule has 1 fully saturated rings. The fourth-order valence-corrected chi connectivity index (χ4v) is 3.01. The maximum atomic E-state index is 12.6. The molecule has 124 valence electrons. The molecule has 1 aliphatic heterocycles. The Kier molecular flexibility index (Phi) is 4.79. The first-order valence-electron chi connectivity index (χ1n) is 8.35. The number of nitrogens with zero attached hydrogens (tertiary/aromatic N) is 3. The lowest BCUT2D eigenvalue weighted by molar-refractivity contribution is 0.0694. The van der Waals surface area contributed by atoms with E-state index in [4.69, 9.17) is 8.94 Å². The molecule has 0 N–H and O–H groups in total. The zero-order chi connectivity index (χ0) is 16.2. The Balaban J connectivity index is 1.67. The van der Waals surface area contributed by atoms with Crippen molar-refractivity contribution in [2.24, 2.45) is 0 Å². The van der Waals surface area contributed by atoms with Gasteiger partial charge in [0.2, 0.25) is 5.89 Å². The van der Waals surface area contributed by atoms with Crippen LogP contribution in [0.2, 0.25) is 0 Å². The van der Waals surface area contributed by atoms with Crippen molar-refractivity contribution in [3.8, 4) is 0 Å². The van der Waals surface area contributed by atoms with Crippen molar-refractivity contribution in [3.63, 3.8) is 0 Å². The molecule has 3 rings (SSSR count). The fourth-order valence-electron chi connectivity index (χ4n) is 3.01. The summed E-state index contributed by atoms with van der Waals surface area (Å²) in [5, 5.41) is 4.06. The largest absolute Gasteiger partial charge is 0.469 e. The third-order valence-corrected chi connectivity index (χ3v) is 4.38. The Bertz CT molecular complexity index is 662. The van der Waals surface area contributed by atoms with E-state index in [1.807, 2.05) is 11.8 Å². The second-order valence-corrected chi connectivity index (χ2v) is 6.13. The number of aromatic nitrogens is 2. The Morgan fingerprint density at radius 2 is 2.35 bits per heavy atom. The highest BCUT2D eigenvalue weighted by molar-refractivity contribution is 5.95. The summed E-state index contributed by atoms with van der Waals surface area (Å²) in [7, 11) is 0. The van der Waals surface area contributed by atoms with Crippen molar-refractivity contribution in [1.82, 2.24) is 15.0 Å². The lowest BCUT2D eigenvalue weighted by atomic mass is 9.97. The van der Waals surface area contributed by atoms with Gasteiger partial charge in [0.15, 0.2) is 5.82 Å². The highest BCUT2D eigenvalue weighted by Gasteiger charge is 2.30. The third-order valence-electron chi connectivity index (χ3n) is 4.38. The van der Waals surface area contributed by atoms with Gasteiger partial charge in [-0.1, -0.05) is 18.5 Å². The van der Waals surface area contributed by atoms with Gasteiger partial charge in [-0.2, -0.15) is 4.98 Å². The smallest absolute Gasteiger partial charge is 0.257 e. The number of hydrogen-bond acceptors (Lipinski definition) is 5. The van der Waals surface area contributed by atoms with E-state index in [0.29, 0.717) is 23.8 Å². The average Bonchev–Trinajstić information content (AvgIpc) is 3.21. The highest BCUT2D eigenvalue weighted by atomic mass is 16.5. The van der Waals surface area contributed by atoms with Crippen LogP contribution in [-0.4, -0.2) is 34.0 Å². The number of rotatable bonds is 5. The van der Waals surface area contributed by atoms with Crippen LogP contribution in [0.5, 0.6) is 0 Å². The van der Waals surface area contributed by atoms with Gasteiger partial charge in [0.05, 0.1) is 17.7 Å². The molecule has 0 radical (unpaired) electrons. The molecule has 3 heterocycles. The van der Waals surface area contributed by atoms with Crippen LogP contribution in [0, 0.1) is 6.92 Å². The number of piperidine rings is 1. The van der Waals surface area contributed by atoms with E-state index in [2.05, 4.69) is 17.1 Å². The molecule has 6 heteroatoms. The molecule has 0 saturated carbocycles. The van der Waals surface area contributed by atoms with Gasteiger partial charge in [0.1, 0.15) is 5.76 Å². The number of amides is 1. The van der Waals surface area contributed by atoms with E-state index < -0.39 is 0 Å². The van der Waals surface area contributed by atoms with Crippen molar-refractivity contribution >= 4 is 5.91 Å². The van der Waals surface area contributed by atoms with Crippen molar-refractivity contribution in [2.75, 3.05) is 13.1 Å². The lowest BCUT2D eigenvalue weighted by Crippen LogP contribution is -2.39. The minimum Gasteiger partial charge on any atom is -0.469 e. The quantitative estimate of drug-likeness (QED) is 0.845. The van der Waals surface area contributed by atoms with Crippen LogP contribution < -0.4 is 0 Å². The Hall–Kier alpha value is -2.11. The van der Waals surface area contributed by atoms with Crippen LogP contribution in [0.1, 0.15) is 66.4 Å². The summed E-state index contributed by atoms with van der Waals surface area (Å²) >= 11 is 0. The molecule has 0 aliphatic carbocycles. The Labute approximate surface area is 135 Å². The van der Waals surface area contributed by atoms with Crippen LogP contribution in [0.25, 0.3) is 0 Å². The highest BCUT2D eigenvalue weighted by Crippen LogP contribution is 2.27. The molecule has 0 spiro atoms. The van der Waals surface area contributed by atoms with Gasteiger partial charge in [0.25, 0.3) is 5.91 Å². The van der Waals surface area contributed by atoms with Gasteiger partial charge in [-0.3, -0.25) is 4.79 Å². The summed E-state index contributed by atoms with van der Waals surface area (Å²) in [6, 6.07) is 1.73. The van der Waals surface area contributed by atoms with Crippen LogP contribution in [-0.2, 0) is 6.42 Å². The number of aryl methyl sites for hydroxylation is 2. The number of likely N-dealkylation sites (tertiary alicyclic amines) is 1. The maximum Gasteiger partial charge on any atom is 0.257 e. The summed E-state index contributed by atoms with van der Waals surface area (Å²) in [6.45, 7) is 5.34. The van der Waals surface area contributed by atoms with Gasteiger partial charge in [-0.15, -0.1) is 0 Å². The number of hydrogen-bond donors (Lipinski definition) is 0. The molecule has 23 heavy (non-hydrogen) atoms. The minimum atomic E-state index is 0.0201. The molecular weight excluding hydrogens is 294 g/mol. The van der Waals surface area contributed by atoms with Crippen molar-refractivity contribution in [1.29, 1.82) is 0 Å². The first-order valence-corrected chi connectivity index (χ1v) is 8.35. The van der Waals surface area contributed by atoms with Gasteiger partial charge in [0, 0.05) is 19.5 Å². The van der Waals surface area contributed by atoms with E-state index in [1.54, 1.807) is 12.3 Å². The number of carbonyl (C=O) groups is 1. The van der Waals surface area contributed by atoms with Crippen LogP contribution in [0.3, 0.4) is 0 Å². The minimum absolute atomic E-state index is 0.0201. The Morgan fingerprint density at radius 1 is 1.48 bits per heavy atom. The second kappa shape index (κ2) is 6.98. The first-order chi connectivity index (χ1) is 11.2. The molecular formula is C17H23N3O3. The molecule has 2 aromatic rings. The van der Waals surface area contributed by atoms with Crippen molar-refractivity contribution < 1.29 is 13.7 Å². The summed E-state index contributed by atoms with van der Waals surface area (Å²) in [6.07, 6.45) is 6.50. The fraction of sp³-hybridized carbons (Fsp3) is 0.588. The van der Waals surface area contributed by atoms with Gasteiger partial charge in [-0.05, 0) is 32.3 Å². The zero-order valence-electron chi connectivity index (χ0n) is 13.7. The molecule has 1 aliphatic rings. The molecule has 0 unspecified atom stereocenters. The third kappa shape index (κ3) is 3.46. The zero-order valence-corrected chi connectivity index (χ0v) is 13.7. The van der Waals surface area contributed by atoms with Gasteiger partial charge in [-0.25, -0.2) is 0 Å². The van der Waals surface area contributed by atoms with Crippen LogP contribution >= 0.6 is 0 Å². The molecule has 0 aromatic carbocycles. The first kappa shape index (κ1) is 15.8. The number of furan rings is 1. The molecule has 2 aromatic heterocycles. The monoisotopic (exact) mass is 317 g/mol. The SMILES string of the molecule is CCCCc1noc([C@H]2CCCN(C(=O)c3ccoc3C)C2)n1.